The second-order valence-electron chi connectivity index (χ2n) is 7.66. The molecule has 1 aliphatic rings. The highest BCUT2D eigenvalue weighted by Gasteiger charge is 2.25. The first-order chi connectivity index (χ1) is 15.9. The van der Waals surface area contributed by atoms with Crippen LogP contribution in [-0.4, -0.2) is 62.3 Å². The van der Waals surface area contributed by atoms with E-state index >= 15 is 0 Å². The van der Waals surface area contributed by atoms with Crippen LogP contribution >= 0.6 is 0 Å². The number of likely N-dealkylation sites (tertiary alicyclic amines) is 1. The Hall–Kier alpha value is -3.95. The number of aromatic nitrogens is 4. The third-order valence-electron chi connectivity index (χ3n) is 5.46. The largest absolute Gasteiger partial charge is 0.495 e. The van der Waals surface area contributed by atoms with E-state index in [0.29, 0.717) is 60.4 Å². The van der Waals surface area contributed by atoms with Crippen LogP contribution < -0.4 is 14.2 Å². The van der Waals surface area contributed by atoms with Crippen LogP contribution in [0.3, 0.4) is 0 Å². The molecule has 0 aromatic carbocycles. The van der Waals surface area contributed by atoms with Crippen LogP contribution in [-0.2, 0) is 0 Å². The third-order valence-corrected chi connectivity index (χ3v) is 5.46. The highest BCUT2D eigenvalue weighted by Crippen LogP contribution is 2.31. The molecule has 0 aliphatic carbocycles. The van der Waals surface area contributed by atoms with Gasteiger partial charge in [0, 0.05) is 25.9 Å². The lowest BCUT2D eigenvalue weighted by atomic mass is 10.1. The van der Waals surface area contributed by atoms with Gasteiger partial charge in [-0.3, -0.25) is 4.98 Å². The van der Waals surface area contributed by atoms with E-state index in [2.05, 4.69) is 19.9 Å². The Morgan fingerprint density at radius 2 is 1.76 bits per heavy atom. The van der Waals surface area contributed by atoms with Crippen molar-refractivity contribution in [2.75, 3.05) is 20.2 Å². The maximum absolute atomic E-state index is 11.1. The number of hydrogen-bond acceptors (Lipinski definition) is 8. The monoisotopic (exact) mass is 451 g/mol. The maximum atomic E-state index is 11.1. The number of nitrogens with zero attached hydrogens (tertiary/aromatic N) is 5. The van der Waals surface area contributed by atoms with Gasteiger partial charge in [0.1, 0.15) is 18.2 Å². The van der Waals surface area contributed by atoms with Gasteiger partial charge in [0.05, 0.1) is 36.0 Å². The van der Waals surface area contributed by atoms with Crippen LogP contribution in [0.25, 0.3) is 11.4 Å². The summed E-state index contributed by atoms with van der Waals surface area (Å²) in [7, 11) is 1.60. The van der Waals surface area contributed by atoms with E-state index in [9.17, 15) is 4.79 Å². The number of aryl methyl sites for hydroxylation is 1. The number of carboxylic acid groups (broad SMARTS) is 1. The standard InChI is InChI=1S/C23H25N5O5/c1-14-21(32-16-8-10-28(11-9-16)23(29)30)25-13-26-22(14)33-20-7-6-19(27-15(20)2)18-5-4-17(31-3)12-24-18/h4-7,12-13,16H,8-11H2,1-3H3,(H,29,30). The molecule has 1 fully saturated rings. The van der Waals surface area contributed by atoms with Crippen molar-refractivity contribution in [2.45, 2.75) is 32.8 Å². The first kappa shape index (κ1) is 22.3. The topological polar surface area (TPSA) is 120 Å². The molecule has 0 spiro atoms. The summed E-state index contributed by atoms with van der Waals surface area (Å²) in [5.74, 6) is 2.05. The lowest BCUT2D eigenvalue weighted by molar-refractivity contribution is 0.0864. The van der Waals surface area contributed by atoms with E-state index < -0.39 is 6.09 Å². The summed E-state index contributed by atoms with van der Waals surface area (Å²) in [4.78, 5) is 29.9. The lowest BCUT2D eigenvalue weighted by Gasteiger charge is -2.30. The first-order valence-electron chi connectivity index (χ1n) is 10.6. The minimum absolute atomic E-state index is 0.110. The van der Waals surface area contributed by atoms with Gasteiger partial charge in [0.2, 0.25) is 11.8 Å². The van der Waals surface area contributed by atoms with Crippen LogP contribution in [0.4, 0.5) is 4.79 Å². The average Bonchev–Trinajstić information content (AvgIpc) is 2.83. The van der Waals surface area contributed by atoms with Crippen molar-refractivity contribution in [1.82, 2.24) is 24.8 Å². The molecule has 1 amide bonds. The van der Waals surface area contributed by atoms with Gasteiger partial charge in [-0.1, -0.05) is 0 Å². The number of piperidine rings is 1. The highest BCUT2D eigenvalue weighted by molar-refractivity contribution is 5.65. The molecule has 0 atom stereocenters. The van der Waals surface area contributed by atoms with Gasteiger partial charge in [-0.15, -0.1) is 0 Å². The number of rotatable bonds is 6. The van der Waals surface area contributed by atoms with Gasteiger partial charge in [-0.2, -0.15) is 0 Å². The Bertz CT molecular complexity index is 1130. The second-order valence-corrected chi connectivity index (χ2v) is 7.66. The molecular weight excluding hydrogens is 426 g/mol. The predicted molar refractivity (Wildman–Crippen MR) is 119 cm³/mol. The Labute approximate surface area is 191 Å². The van der Waals surface area contributed by atoms with Crippen molar-refractivity contribution in [3.8, 4) is 34.6 Å². The van der Waals surface area contributed by atoms with Crippen LogP contribution in [0.5, 0.6) is 23.3 Å². The summed E-state index contributed by atoms with van der Waals surface area (Å²) in [6, 6.07) is 7.34. The normalized spacial score (nSPS) is 14.1. The van der Waals surface area contributed by atoms with Crippen molar-refractivity contribution in [1.29, 1.82) is 0 Å². The van der Waals surface area contributed by atoms with E-state index in [1.54, 1.807) is 13.3 Å². The quantitative estimate of drug-likeness (QED) is 0.595. The van der Waals surface area contributed by atoms with Crippen LogP contribution in [0.2, 0.25) is 0 Å². The molecule has 1 N–H and O–H groups in total. The molecule has 33 heavy (non-hydrogen) atoms. The van der Waals surface area contributed by atoms with E-state index in [-0.39, 0.29) is 6.10 Å². The lowest BCUT2D eigenvalue weighted by Crippen LogP contribution is -2.41. The molecule has 172 valence electrons. The molecular formula is C23H25N5O5. The number of amides is 1. The summed E-state index contributed by atoms with van der Waals surface area (Å²) in [6.07, 6.45) is 3.24. The third kappa shape index (κ3) is 5.11. The van der Waals surface area contributed by atoms with Crippen molar-refractivity contribution >= 4 is 6.09 Å². The van der Waals surface area contributed by atoms with Crippen LogP contribution in [0.15, 0.2) is 36.8 Å². The summed E-state index contributed by atoms with van der Waals surface area (Å²) in [6.45, 7) is 4.56. The maximum Gasteiger partial charge on any atom is 0.407 e. The number of hydrogen-bond donors (Lipinski definition) is 1. The Balaban J connectivity index is 1.46. The summed E-state index contributed by atoms with van der Waals surface area (Å²) >= 11 is 0. The molecule has 3 aromatic heterocycles. The molecule has 4 rings (SSSR count). The van der Waals surface area contributed by atoms with Gasteiger partial charge in [-0.25, -0.2) is 19.7 Å². The number of ether oxygens (including phenoxy) is 3. The summed E-state index contributed by atoms with van der Waals surface area (Å²) < 4.78 is 17.2. The minimum Gasteiger partial charge on any atom is -0.495 e. The molecule has 10 nitrogen and oxygen atoms in total. The molecule has 3 aromatic rings. The predicted octanol–water partition coefficient (Wildman–Crippen LogP) is 3.87. The first-order valence-corrected chi connectivity index (χ1v) is 10.6. The van der Waals surface area contributed by atoms with Crippen molar-refractivity contribution in [3.05, 3.63) is 48.0 Å². The molecule has 0 bridgehead atoms. The highest BCUT2D eigenvalue weighted by atomic mass is 16.5. The van der Waals surface area contributed by atoms with Gasteiger partial charge < -0.3 is 24.2 Å². The molecule has 0 unspecified atom stereocenters. The number of methoxy groups -OCH3 is 1. The van der Waals surface area contributed by atoms with Gasteiger partial charge in [0.25, 0.3) is 0 Å². The van der Waals surface area contributed by atoms with Crippen molar-refractivity contribution < 1.29 is 24.1 Å². The van der Waals surface area contributed by atoms with Gasteiger partial charge >= 0.3 is 6.09 Å². The van der Waals surface area contributed by atoms with Gasteiger partial charge in [0.15, 0.2) is 5.75 Å². The molecule has 0 radical (unpaired) electrons. The fourth-order valence-corrected chi connectivity index (χ4v) is 3.52. The molecule has 1 saturated heterocycles. The summed E-state index contributed by atoms with van der Waals surface area (Å²) in [5.41, 5.74) is 2.80. The molecule has 0 saturated carbocycles. The smallest absolute Gasteiger partial charge is 0.407 e. The minimum atomic E-state index is -0.903. The Kier molecular flexibility index (Phi) is 6.53. The average molecular weight is 451 g/mol. The fraction of sp³-hybridized carbons (Fsp3) is 0.348. The van der Waals surface area contributed by atoms with Crippen LogP contribution in [0, 0.1) is 13.8 Å². The van der Waals surface area contributed by atoms with E-state index in [1.807, 2.05) is 38.1 Å². The number of carbonyl (C=O) groups is 1. The Morgan fingerprint density at radius 1 is 1.03 bits per heavy atom. The zero-order valence-corrected chi connectivity index (χ0v) is 18.7. The van der Waals surface area contributed by atoms with Crippen molar-refractivity contribution in [3.63, 3.8) is 0 Å². The number of pyridine rings is 2. The fourth-order valence-electron chi connectivity index (χ4n) is 3.52. The zero-order chi connectivity index (χ0) is 23.4. The summed E-state index contributed by atoms with van der Waals surface area (Å²) in [5, 5.41) is 9.09. The van der Waals surface area contributed by atoms with Crippen LogP contribution in [0.1, 0.15) is 24.1 Å². The molecule has 1 aliphatic heterocycles. The Morgan fingerprint density at radius 3 is 2.39 bits per heavy atom. The van der Waals surface area contributed by atoms with E-state index in [0.717, 1.165) is 11.4 Å². The van der Waals surface area contributed by atoms with E-state index in [4.69, 9.17) is 19.3 Å². The van der Waals surface area contributed by atoms with E-state index in [1.165, 1.54) is 11.2 Å². The SMILES string of the molecule is COc1ccc(-c2ccc(Oc3ncnc(OC4CCN(C(=O)O)CC4)c3C)c(C)n2)nc1. The molecule has 4 heterocycles. The zero-order valence-electron chi connectivity index (χ0n) is 18.7. The van der Waals surface area contributed by atoms with Gasteiger partial charge in [-0.05, 0) is 38.1 Å². The molecule has 10 heteroatoms. The van der Waals surface area contributed by atoms with Crippen molar-refractivity contribution in [2.24, 2.45) is 0 Å². The second kappa shape index (κ2) is 9.68.